The van der Waals surface area contributed by atoms with Gasteiger partial charge in [-0.3, -0.25) is 15.0 Å². The van der Waals surface area contributed by atoms with Crippen LogP contribution in [0.4, 0.5) is 10.6 Å². The first kappa shape index (κ1) is 21.6. The predicted molar refractivity (Wildman–Crippen MR) is 105 cm³/mol. The van der Waals surface area contributed by atoms with Gasteiger partial charge in [-0.05, 0) is 25.5 Å². The van der Waals surface area contributed by atoms with E-state index in [1.807, 2.05) is 11.8 Å². The zero-order valence-corrected chi connectivity index (χ0v) is 16.6. The summed E-state index contributed by atoms with van der Waals surface area (Å²) >= 11 is 0. The number of carbonyl (C=O) groups excluding carboxylic acids is 3. The van der Waals surface area contributed by atoms with Crippen LogP contribution in [0, 0.1) is 0 Å². The maximum absolute atomic E-state index is 12.0. The number of hydrogen-bond donors (Lipinski definition) is 2. The number of aromatic nitrogens is 1. The summed E-state index contributed by atoms with van der Waals surface area (Å²) in [5, 5.41) is 5.02. The molecule has 0 aromatic carbocycles. The molecule has 2 N–H and O–H groups in total. The van der Waals surface area contributed by atoms with Crippen LogP contribution in [0.2, 0.25) is 0 Å². The molecule has 9 heteroatoms. The molecule has 2 rings (SSSR count). The molecule has 0 radical (unpaired) electrons. The van der Waals surface area contributed by atoms with E-state index in [4.69, 9.17) is 4.74 Å². The number of ether oxygens (including phenoxy) is 1. The van der Waals surface area contributed by atoms with E-state index in [9.17, 15) is 14.4 Å². The summed E-state index contributed by atoms with van der Waals surface area (Å²) in [4.78, 5) is 43.7. The summed E-state index contributed by atoms with van der Waals surface area (Å²) in [7, 11) is 0. The van der Waals surface area contributed by atoms with Crippen molar-refractivity contribution in [3.8, 4) is 0 Å². The first-order valence-electron chi connectivity index (χ1n) is 9.71. The van der Waals surface area contributed by atoms with E-state index in [0.29, 0.717) is 44.9 Å². The number of piperazine rings is 1. The first-order valence-corrected chi connectivity index (χ1v) is 9.71. The molecule has 0 aliphatic carbocycles. The lowest BCUT2D eigenvalue weighted by molar-refractivity contribution is -0.121. The Morgan fingerprint density at radius 1 is 1.14 bits per heavy atom. The average Bonchev–Trinajstić information content (AvgIpc) is 2.69. The summed E-state index contributed by atoms with van der Waals surface area (Å²) in [5.74, 6) is 0.0999. The molecule has 1 aromatic heterocycles. The maximum atomic E-state index is 12.0. The number of nitrogens with zero attached hydrogens (tertiary/aromatic N) is 3. The van der Waals surface area contributed by atoms with Crippen molar-refractivity contribution in [1.29, 1.82) is 0 Å². The normalized spacial score (nSPS) is 14.4. The molecule has 0 spiro atoms. The van der Waals surface area contributed by atoms with Crippen LogP contribution in [-0.4, -0.2) is 73.7 Å². The number of hydrogen-bond acceptors (Lipinski definition) is 7. The number of imide groups is 1. The van der Waals surface area contributed by atoms with Gasteiger partial charge in [0.1, 0.15) is 5.82 Å². The van der Waals surface area contributed by atoms with Crippen LogP contribution in [0.5, 0.6) is 0 Å². The number of rotatable bonds is 8. The Labute approximate surface area is 165 Å². The van der Waals surface area contributed by atoms with E-state index in [0.717, 1.165) is 18.7 Å². The number of amides is 3. The van der Waals surface area contributed by atoms with Crippen molar-refractivity contribution >= 4 is 23.7 Å². The molecule has 28 heavy (non-hydrogen) atoms. The molecule has 0 saturated carbocycles. The Morgan fingerprint density at radius 2 is 1.89 bits per heavy atom. The Bertz CT molecular complexity index is 657. The summed E-state index contributed by atoms with van der Waals surface area (Å²) < 4.78 is 4.95. The summed E-state index contributed by atoms with van der Waals surface area (Å²) in [6.07, 6.45) is 3.39. The first-order chi connectivity index (χ1) is 13.5. The molecule has 1 aliphatic heterocycles. The second kappa shape index (κ2) is 11.2. The lowest BCUT2D eigenvalue weighted by atomic mass is 10.2. The third-order valence-corrected chi connectivity index (χ3v) is 4.39. The smallest absolute Gasteiger partial charge is 0.339 e. The highest BCUT2D eigenvalue weighted by Crippen LogP contribution is 2.14. The van der Waals surface area contributed by atoms with Crippen molar-refractivity contribution < 1.29 is 19.1 Å². The van der Waals surface area contributed by atoms with Crippen molar-refractivity contribution in [1.82, 2.24) is 20.5 Å². The van der Waals surface area contributed by atoms with Crippen LogP contribution < -0.4 is 15.5 Å². The molecular weight excluding hydrogens is 362 g/mol. The minimum absolute atomic E-state index is 0.185. The molecule has 154 valence electrons. The van der Waals surface area contributed by atoms with E-state index in [1.165, 1.54) is 6.20 Å². The van der Waals surface area contributed by atoms with Gasteiger partial charge in [0.25, 0.3) is 0 Å². The quantitative estimate of drug-likeness (QED) is 0.503. The van der Waals surface area contributed by atoms with E-state index in [2.05, 4.69) is 20.5 Å². The fourth-order valence-corrected chi connectivity index (χ4v) is 2.84. The zero-order chi connectivity index (χ0) is 20.4. The van der Waals surface area contributed by atoms with E-state index in [-0.39, 0.29) is 18.4 Å². The minimum Gasteiger partial charge on any atom is -0.462 e. The van der Waals surface area contributed by atoms with E-state index < -0.39 is 6.03 Å². The minimum atomic E-state index is -0.442. The molecule has 0 bridgehead atoms. The molecular formula is C19H29N5O4. The highest BCUT2D eigenvalue weighted by molar-refractivity contribution is 5.95. The van der Waals surface area contributed by atoms with Gasteiger partial charge in [0.2, 0.25) is 5.91 Å². The molecule has 3 amide bonds. The second-order valence-corrected chi connectivity index (χ2v) is 6.55. The number of nitrogens with one attached hydrogen (secondary N) is 2. The predicted octanol–water partition coefficient (Wildman–Crippen LogP) is 1.01. The fourth-order valence-electron chi connectivity index (χ4n) is 2.84. The third-order valence-electron chi connectivity index (χ3n) is 4.39. The Balaban J connectivity index is 1.74. The Morgan fingerprint density at radius 3 is 2.50 bits per heavy atom. The molecule has 0 atom stereocenters. The number of unbranched alkanes of at least 4 members (excludes halogenated alkanes) is 1. The topological polar surface area (TPSA) is 104 Å². The largest absolute Gasteiger partial charge is 0.462 e. The zero-order valence-electron chi connectivity index (χ0n) is 16.6. The van der Waals surface area contributed by atoms with Gasteiger partial charge in [-0.2, -0.15) is 0 Å². The average molecular weight is 391 g/mol. The van der Waals surface area contributed by atoms with Crippen molar-refractivity contribution in [2.45, 2.75) is 26.7 Å². The summed E-state index contributed by atoms with van der Waals surface area (Å²) in [6.45, 7) is 7.67. The van der Waals surface area contributed by atoms with Crippen molar-refractivity contribution in [3.05, 3.63) is 23.9 Å². The lowest BCUT2D eigenvalue weighted by Gasteiger charge is -2.34. The molecule has 0 unspecified atom stereocenters. The van der Waals surface area contributed by atoms with Gasteiger partial charge in [0.05, 0.1) is 18.7 Å². The monoisotopic (exact) mass is 391 g/mol. The van der Waals surface area contributed by atoms with Crippen LogP contribution in [0.25, 0.3) is 0 Å². The second-order valence-electron chi connectivity index (χ2n) is 6.55. The van der Waals surface area contributed by atoms with Gasteiger partial charge in [-0.15, -0.1) is 0 Å². The van der Waals surface area contributed by atoms with Crippen molar-refractivity contribution in [3.63, 3.8) is 0 Å². The summed E-state index contributed by atoms with van der Waals surface area (Å²) in [5.41, 5.74) is 0.429. The number of urea groups is 1. The van der Waals surface area contributed by atoms with Gasteiger partial charge in [0.15, 0.2) is 0 Å². The highest BCUT2D eigenvalue weighted by atomic mass is 16.5. The molecule has 1 aromatic rings. The Hall–Kier alpha value is -2.68. The molecule has 2 heterocycles. The molecule has 9 nitrogen and oxygen atoms in total. The van der Waals surface area contributed by atoms with Gasteiger partial charge < -0.3 is 15.0 Å². The third kappa shape index (κ3) is 6.80. The SMILES string of the molecule is CCCCNC(=O)NC(=O)CN1CCN(c2ccc(C(=O)OCC)cn2)CC1. The van der Waals surface area contributed by atoms with Crippen LogP contribution in [-0.2, 0) is 9.53 Å². The van der Waals surface area contributed by atoms with Gasteiger partial charge in [-0.25, -0.2) is 14.6 Å². The highest BCUT2D eigenvalue weighted by Gasteiger charge is 2.21. The standard InChI is InChI=1S/C19H29N5O4/c1-3-5-8-20-19(27)22-17(25)14-23-9-11-24(12-10-23)16-7-6-15(13-21-16)18(26)28-4-2/h6-7,13H,3-5,8-12,14H2,1-2H3,(H2,20,22,25,27). The van der Waals surface area contributed by atoms with E-state index >= 15 is 0 Å². The maximum Gasteiger partial charge on any atom is 0.339 e. The van der Waals surface area contributed by atoms with Crippen LogP contribution >= 0.6 is 0 Å². The van der Waals surface area contributed by atoms with Crippen LogP contribution in [0.15, 0.2) is 18.3 Å². The molecule has 1 saturated heterocycles. The van der Waals surface area contributed by atoms with Gasteiger partial charge in [-0.1, -0.05) is 13.3 Å². The van der Waals surface area contributed by atoms with Crippen molar-refractivity contribution in [2.75, 3.05) is 50.8 Å². The van der Waals surface area contributed by atoms with Gasteiger partial charge in [0, 0.05) is 38.9 Å². The van der Waals surface area contributed by atoms with Crippen LogP contribution in [0.3, 0.4) is 0 Å². The number of esters is 1. The van der Waals surface area contributed by atoms with Crippen LogP contribution in [0.1, 0.15) is 37.0 Å². The fraction of sp³-hybridized carbons (Fsp3) is 0.579. The molecule has 1 fully saturated rings. The molecule has 1 aliphatic rings. The van der Waals surface area contributed by atoms with Gasteiger partial charge >= 0.3 is 12.0 Å². The number of anilines is 1. The Kier molecular flexibility index (Phi) is 8.67. The van der Waals surface area contributed by atoms with Crippen molar-refractivity contribution in [2.24, 2.45) is 0 Å². The number of pyridine rings is 1. The van der Waals surface area contributed by atoms with E-state index in [1.54, 1.807) is 19.1 Å². The number of carbonyl (C=O) groups is 3. The lowest BCUT2D eigenvalue weighted by Crippen LogP contribution is -2.51. The summed E-state index contributed by atoms with van der Waals surface area (Å²) in [6, 6.07) is 3.06.